The molecule has 96 valence electrons. The lowest BCUT2D eigenvalue weighted by Crippen LogP contribution is -2.10. The van der Waals surface area contributed by atoms with Gasteiger partial charge in [-0.1, -0.05) is 6.58 Å². The molecular weight excluding hydrogens is 238 g/mol. The van der Waals surface area contributed by atoms with Crippen molar-refractivity contribution in [3.05, 3.63) is 41.7 Å². The van der Waals surface area contributed by atoms with E-state index in [2.05, 4.69) is 11.6 Å². The summed E-state index contributed by atoms with van der Waals surface area (Å²) in [4.78, 5) is 34.4. The van der Waals surface area contributed by atoms with Crippen LogP contribution >= 0.6 is 0 Å². The molecule has 2 N–H and O–H groups in total. The van der Waals surface area contributed by atoms with E-state index < -0.39 is 17.6 Å². The van der Waals surface area contributed by atoms with Crippen LogP contribution in [0.2, 0.25) is 0 Å². The van der Waals surface area contributed by atoms with E-state index in [0.29, 0.717) is 5.69 Å². The molecule has 1 rings (SSSR count). The third-order valence-corrected chi connectivity index (χ3v) is 1.75. The van der Waals surface area contributed by atoms with Crippen molar-refractivity contribution < 1.29 is 24.6 Å². The van der Waals surface area contributed by atoms with Gasteiger partial charge in [0.05, 0.1) is 5.56 Å². The minimum absolute atomic E-state index is 0.0185. The lowest BCUT2D eigenvalue weighted by atomic mass is 10.2. The summed E-state index contributed by atoms with van der Waals surface area (Å²) >= 11 is 0. The standard InChI is InChI=1S/C8H7NO4.C4H6O/c1-4-2-3-5(7(10)11)6(9-4)8(12)13;1-3-4(2)5/h2-3H,1H3,(H,10,11)(H,12,13);3H,1H2,2H3. The molecule has 0 radical (unpaired) electrons. The maximum absolute atomic E-state index is 10.6. The Balaban J connectivity index is 0.000000494. The second kappa shape index (κ2) is 6.95. The molecule has 0 fully saturated rings. The summed E-state index contributed by atoms with van der Waals surface area (Å²) in [6.45, 7) is 6.27. The molecule has 1 aromatic heterocycles. The Bertz CT molecular complexity index is 493. The van der Waals surface area contributed by atoms with Crippen LogP contribution in [0.1, 0.15) is 33.5 Å². The summed E-state index contributed by atoms with van der Waals surface area (Å²) in [6.07, 6.45) is 1.28. The van der Waals surface area contributed by atoms with Crippen molar-refractivity contribution in [2.24, 2.45) is 0 Å². The van der Waals surface area contributed by atoms with Crippen LogP contribution in [0.5, 0.6) is 0 Å². The highest BCUT2D eigenvalue weighted by Gasteiger charge is 2.16. The zero-order valence-electron chi connectivity index (χ0n) is 10.0. The molecule has 0 aliphatic rings. The average molecular weight is 251 g/mol. The lowest BCUT2D eigenvalue weighted by Gasteiger charge is -2.00. The molecule has 6 nitrogen and oxygen atoms in total. The number of allylic oxidation sites excluding steroid dienone is 1. The highest BCUT2D eigenvalue weighted by Crippen LogP contribution is 2.07. The van der Waals surface area contributed by atoms with Crippen LogP contribution in [0.3, 0.4) is 0 Å². The second-order valence-electron chi connectivity index (χ2n) is 3.27. The second-order valence-corrected chi connectivity index (χ2v) is 3.27. The minimum Gasteiger partial charge on any atom is -0.478 e. The number of pyridine rings is 1. The van der Waals surface area contributed by atoms with Crippen LogP contribution in [0.4, 0.5) is 0 Å². The number of aromatic nitrogens is 1. The van der Waals surface area contributed by atoms with Crippen LogP contribution < -0.4 is 0 Å². The van der Waals surface area contributed by atoms with E-state index in [-0.39, 0.29) is 11.3 Å². The van der Waals surface area contributed by atoms with E-state index in [1.54, 1.807) is 6.92 Å². The topological polar surface area (TPSA) is 105 Å². The van der Waals surface area contributed by atoms with Crippen LogP contribution in [-0.4, -0.2) is 32.9 Å². The van der Waals surface area contributed by atoms with Crippen molar-refractivity contribution in [3.8, 4) is 0 Å². The Morgan fingerprint density at radius 1 is 1.22 bits per heavy atom. The molecule has 0 amide bonds. The molecule has 0 bridgehead atoms. The van der Waals surface area contributed by atoms with E-state index in [1.165, 1.54) is 25.1 Å². The number of carboxylic acid groups (broad SMARTS) is 2. The van der Waals surface area contributed by atoms with Crippen molar-refractivity contribution in [3.63, 3.8) is 0 Å². The monoisotopic (exact) mass is 251 g/mol. The van der Waals surface area contributed by atoms with E-state index in [9.17, 15) is 14.4 Å². The number of hydrogen-bond donors (Lipinski definition) is 2. The fourth-order valence-corrected chi connectivity index (χ4v) is 0.892. The number of carboxylic acids is 2. The Hall–Kier alpha value is -2.50. The first-order valence-corrected chi connectivity index (χ1v) is 4.86. The average Bonchev–Trinajstić information content (AvgIpc) is 2.29. The Morgan fingerprint density at radius 3 is 2.06 bits per heavy atom. The number of aromatic carboxylic acids is 2. The van der Waals surface area contributed by atoms with Gasteiger partial charge in [0.25, 0.3) is 0 Å². The summed E-state index contributed by atoms with van der Waals surface area (Å²) < 4.78 is 0. The van der Waals surface area contributed by atoms with Gasteiger partial charge in [-0.3, -0.25) is 4.79 Å². The van der Waals surface area contributed by atoms with Crippen molar-refractivity contribution >= 4 is 17.7 Å². The zero-order chi connectivity index (χ0) is 14.3. The van der Waals surface area contributed by atoms with E-state index in [0.717, 1.165) is 0 Å². The smallest absolute Gasteiger partial charge is 0.355 e. The van der Waals surface area contributed by atoms with Gasteiger partial charge in [-0.2, -0.15) is 0 Å². The van der Waals surface area contributed by atoms with E-state index in [4.69, 9.17) is 10.2 Å². The molecule has 0 saturated carbocycles. The summed E-state index contributed by atoms with van der Waals surface area (Å²) in [7, 11) is 0. The first-order valence-electron chi connectivity index (χ1n) is 4.86. The zero-order valence-corrected chi connectivity index (χ0v) is 10.0. The van der Waals surface area contributed by atoms with Crippen LogP contribution in [0.15, 0.2) is 24.8 Å². The van der Waals surface area contributed by atoms with Crippen LogP contribution in [0, 0.1) is 6.92 Å². The van der Waals surface area contributed by atoms with Crippen molar-refractivity contribution in [2.45, 2.75) is 13.8 Å². The third kappa shape index (κ3) is 5.02. The number of ketones is 1. The summed E-state index contributed by atoms with van der Waals surface area (Å²) in [6, 6.07) is 2.68. The normalized spacial score (nSPS) is 8.78. The van der Waals surface area contributed by atoms with Gasteiger partial charge in [-0.05, 0) is 32.1 Å². The lowest BCUT2D eigenvalue weighted by molar-refractivity contribution is -0.112. The number of aryl methyl sites for hydroxylation is 1. The maximum atomic E-state index is 10.6. The third-order valence-electron chi connectivity index (χ3n) is 1.75. The van der Waals surface area contributed by atoms with Crippen molar-refractivity contribution in [2.75, 3.05) is 0 Å². The maximum Gasteiger partial charge on any atom is 0.355 e. The molecule has 18 heavy (non-hydrogen) atoms. The summed E-state index contributed by atoms with van der Waals surface area (Å²) in [5, 5.41) is 17.2. The van der Waals surface area contributed by atoms with Gasteiger partial charge in [0.15, 0.2) is 11.5 Å². The highest BCUT2D eigenvalue weighted by molar-refractivity contribution is 6.00. The molecule has 0 unspecified atom stereocenters. The van der Waals surface area contributed by atoms with E-state index in [1.807, 2.05) is 0 Å². The summed E-state index contributed by atoms with van der Waals surface area (Å²) in [5.41, 5.74) is -0.243. The number of hydrogen-bond acceptors (Lipinski definition) is 4. The number of carbonyl (C=O) groups excluding carboxylic acids is 1. The highest BCUT2D eigenvalue weighted by atomic mass is 16.4. The van der Waals surface area contributed by atoms with Crippen molar-refractivity contribution in [1.29, 1.82) is 0 Å². The van der Waals surface area contributed by atoms with Gasteiger partial charge in [0.1, 0.15) is 0 Å². The molecule has 1 aromatic rings. The fourth-order valence-electron chi connectivity index (χ4n) is 0.892. The van der Waals surface area contributed by atoms with Gasteiger partial charge in [0, 0.05) is 5.69 Å². The predicted molar refractivity (Wildman–Crippen MR) is 63.8 cm³/mol. The molecule has 0 aliphatic carbocycles. The molecule has 6 heteroatoms. The largest absolute Gasteiger partial charge is 0.478 e. The Labute approximate surface area is 104 Å². The number of carbonyl (C=O) groups is 3. The summed E-state index contributed by atoms with van der Waals surface area (Å²) in [5.74, 6) is -2.60. The molecule has 0 spiro atoms. The number of rotatable bonds is 3. The fraction of sp³-hybridized carbons (Fsp3) is 0.167. The van der Waals surface area contributed by atoms with Gasteiger partial charge >= 0.3 is 11.9 Å². The number of nitrogens with zero attached hydrogens (tertiary/aromatic N) is 1. The van der Waals surface area contributed by atoms with Gasteiger partial charge < -0.3 is 10.2 Å². The first-order chi connectivity index (χ1) is 8.29. The molecule has 1 heterocycles. The SMILES string of the molecule is C=CC(C)=O.Cc1ccc(C(=O)O)c(C(=O)O)n1. The first kappa shape index (κ1) is 15.5. The molecule has 0 atom stereocenters. The van der Waals surface area contributed by atoms with Crippen molar-refractivity contribution in [1.82, 2.24) is 4.98 Å². The minimum atomic E-state index is -1.33. The van der Waals surface area contributed by atoms with Crippen LogP contribution in [-0.2, 0) is 4.79 Å². The molecule has 0 saturated heterocycles. The van der Waals surface area contributed by atoms with E-state index >= 15 is 0 Å². The van der Waals surface area contributed by atoms with Crippen LogP contribution in [0.25, 0.3) is 0 Å². The molecule has 0 aromatic carbocycles. The van der Waals surface area contributed by atoms with Gasteiger partial charge in [0.2, 0.25) is 0 Å². The van der Waals surface area contributed by atoms with Gasteiger partial charge in [-0.25, -0.2) is 14.6 Å². The molecular formula is C12H13NO5. The molecule has 0 aliphatic heterocycles. The Kier molecular flexibility index (Phi) is 5.98. The Morgan fingerprint density at radius 2 is 1.72 bits per heavy atom. The quantitative estimate of drug-likeness (QED) is 0.789. The van der Waals surface area contributed by atoms with Gasteiger partial charge in [-0.15, -0.1) is 0 Å². The predicted octanol–water partition coefficient (Wildman–Crippen LogP) is 1.55.